The molecule has 1 unspecified atom stereocenters. The number of nitrogens with one attached hydrogen (secondary N) is 2. The number of nitrogens with zero attached hydrogens (tertiary/aromatic N) is 1. The van der Waals surface area contributed by atoms with Crippen molar-refractivity contribution in [2.75, 3.05) is 26.8 Å². The Morgan fingerprint density at radius 1 is 1.37 bits per heavy atom. The molecule has 0 aliphatic carbocycles. The third-order valence-corrected chi connectivity index (χ3v) is 5.45. The van der Waals surface area contributed by atoms with Gasteiger partial charge in [0.2, 0.25) is 0 Å². The Labute approximate surface area is 218 Å². The predicted octanol–water partition coefficient (Wildman–Crippen LogP) is -0.656. The first kappa shape index (κ1) is 30.5. The van der Waals surface area contributed by atoms with Gasteiger partial charge in [-0.3, -0.25) is 11.1 Å². The minimum Gasteiger partial charge on any atom is -0.542 e. The minimum absolute atomic E-state index is 0. The number of hydrogen-bond acceptors (Lipinski definition) is 6. The summed E-state index contributed by atoms with van der Waals surface area (Å²) in [6.45, 7) is 1.13. The maximum Gasteiger partial charge on any atom is 1.00 e. The standard InChI is InChI=1S/C25H26FN3O4.CH3.Li/c1-32-22-14-28-15-24(33-16-22)25(31)29-21(13-27)11-20-8-7-19(12-23(20)26)18-6-2-4-17(10-18)5-3-9-30;;/h2,6-8,10,12,21-22,24,28H,3,5,11,14-16H2,1H3,(H,29,31);1H3;/q-2;-1;+1/t21-,22?,24-;;/m0../s1. The number of amides is 1. The molecule has 0 bridgehead atoms. The molecule has 1 amide bonds. The zero-order valence-electron chi connectivity index (χ0n) is 20.4. The van der Waals surface area contributed by atoms with Gasteiger partial charge in [-0.05, 0) is 17.2 Å². The van der Waals surface area contributed by atoms with Gasteiger partial charge in [0.25, 0.3) is 5.91 Å². The zero-order chi connectivity index (χ0) is 23.6. The number of halogens is 1. The number of hydrogen-bond donors (Lipinski definition) is 2. The molecule has 3 atom stereocenters. The van der Waals surface area contributed by atoms with E-state index in [0.717, 1.165) is 11.1 Å². The van der Waals surface area contributed by atoms with Gasteiger partial charge in [-0.15, -0.1) is 5.56 Å². The van der Waals surface area contributed by atoms with Gasteiger partial charge in [0.1, 0.15) is 18.0 Å². The second-order valence-electron chi connectivity index (χ2n) is 7.79. The number of rotatable bonds is 9. The van der Waals surface area contributed by atoms with Crippen molar-refractivity contribution in [3.63, 3.8) is 0 Å². The van der Waals surface area contributed by atoms with Crippen molar-refractivity contribution in [1.82, 2.24) is 10.6 Å². The summed E-state index contributed by atoms with van der Waals surface area (Å²) in [4.78, 5) is 23.0. The molecular weight excluding hydrogens is 444 g/mol. The molecule has 1 aliphatic rings. The summed E-state index contributed by atoms with van der Waals surface area (Å²) in [6.07, 6.45) is 1.78. The van der Waals surface area contributed by atoms with Gasteiger partial charge < -0.3 is 32.3 Å². The van der Waals surface area contributed by atoms with Gasteiger partial charge in [-0.1, -0.05) is 18.6 Å². The van der Waals surface area contributed by atoms with E-state index in [-0.39, 0.29) is 51.8 Å². The molecule has 2 N–H and O–H groups in total. The van der Waals surface area contributed by atoms with Crippen LogP contribution in [0.5, 0.6) is 0 Å². The zero-order valence-corrected chi connectivity index (χ0v) is 20.4. The van der Waals surface area contributed by atoms with Gasteiger partial charge in [0.05, 0.1) is 18.8 Å². The van der Waals surface area contributed by atoms with E-state index in [2.05, 4.69) is 16.7 Å². The summed E-state index contributed by atoms with van der Waals surface area (Å²) >= 11 is 0. The van der Waals surface area contributed by atoms with Crippen LogP contribution in [0.4, 0.5) is 4.39 Å². The van der Waals surface area contributed by atoms with E-state index in [1.807, 2.05) is 24.5 Å². The first-order chi connectivity index (χ1) is 16.0. The molecule has 1 aliphatic heterocycles. The van der Waals surface area contributed by atoms with Crippen LogP contribution in [0.3, 0.4) is 0 Å². The van der Waals surface area contributed by atoms with Crippen molar-refractivity contribution in [2.45, 2.75) is 37.5 Å². The van der Waals surface area contributed by atoms with E-state index in [1.165, 1.54) is 6.07 Å². The molecule has 9 heteroatoms. The molecule has 7 nitrogen and oxygen atoms in total. The number of nitriles is 1. The van der Waals surface area contributed by atoms with Crippen LogP contribution >= 0.6 is 0 Å². The fraction of sp³-hybridized carbons (Fsp3) is 0.385. The molecule has 182 valence electrons. The average molecular weight is 473 g/mol. The number of methoxy groups -OCH3 is 1. The van der Waals surface area contributed by atoms with Crippen LogP contribution in [-0.2, 0) is 31.9 Å². The van der Waals surface area contributed by atoms with E-state index in [4.69, 9.17) is 9.47 Å². The number of aryl methyl sites for hydroxylation is 1. The van der Waals surface area contributed by atoms with Crippen LogP contribution in [0.25, 0.3) is 11.1 Å². The summed E-state index contributed by atoms with van der Waals surface area (Å²) in [5.41, 5.74) is 2.64. The molecule has 0 spiro atoms. The fourth-order valence-corrected chi connectivity index (χ4v) is 3.57. The molecule has 3 rings (SSSR count). The molecule has 1 saturated heterocycles. The van der Waals surface area contributed by atoms with Crippen LogP contribution in [-0.4, -0.2) is 57.2 Å². The van der Waals surface area contributed by atoms with Crippen LogP contribution in [0, 0.1) is 30.6 Å². The van der Waals surface area contributed by atoms with Crippen molar-refractivity contribution in [1.29, 1.82) is 5.26 Å². The second-order valence-corrected chi connectivity index (χ2v) is 7.79. The monoisotopic (exact) mass is 473 g/mol. The number of carbonyl (C=O) groups excluding carboxylic acids is 2. The Morgan fingerprint density at radius 2 is 2.14 bits per heavy atom. The summed E-state index contributed by atoms with van der Waals surface area (Å²) in [5, 5.41) is 15.2. The normalized spacial score (nSPS) is 18.1. The van der Waals surface area contributed by atoms with E-state index in [9.17, 15) is 19.2 Å². The molecule has 0 saturated carbocycles. The van der Waals surface area contributed by atoms with Crippen LogP contribution in [0.15, 0.2) is 36.4 Å². The molecule has 35 heavy (non-hydrogen) atoms. The van der Waals surface area contributed by atoms with Gasteiger partial charge in [-0.2, -0.15) is 41.5 Å². The Balaban J connectivity index is 0.00000306. The van der Waals surface area contributed by atoms with Crippen molar-refractivity contribution >= 4 is 12.2 Å². The van der Waals surface area contributed by atoms with E-state index in [1.54, 1.807) is 25.3 Å². The van der Waals surface area contributed by atoms with Crippen molar-refractivity contribution < 1.29 is 42.3 Å². The van der Waals surface area contributed by atoms with Gasteiger partial charge in [-0.25, -0.2) is 4.39 Å². The van der Waals surface area contributed by atoms with E-state index < -0.39 is 23.9 Å². The molecule has 2 aromatic carbocycles. The Kier molecular flexibility index (Phi) is 13.5. The minimum atomic E-state index is -0.902. The van der Waals surface area contributed by atoms with Crippen molar-refractivity contribution in [3.8, 4) is 17.2 Å². The Hall–Kier alpha value is -2.52. The van der Waals surface area contributed by atoms with Crippen LogP contribution in [0.2, 0.25) is 0 Å². The van der Waals surface area contributed by atoms with Crippen LogP contribution in [0.1, 0.15) is 17.5 Å². The average Bonchev–Trinajstić information content (AvgIpc) is 3.09. The summed E-state index contributed by atoms with van der Waals surface area (Å²) in [5.74, 6) is -0.892. The van der Waals surface area contributed by atoms with Crippen molar-refractivity contribution in [3.05, 3.63) is 66.8 Å². The summed E-state index contributed by atoms with van der Waals surface area (Å²) in [6, 6.07) is 14.4. The van der Waals surface area contributed by atoms with Crippen LogP contribution < -0.4 is 29.5 Å². The van der Waals surface area contributed by atoms with E-state index >= 15 is 0 Å². The van der Waals surface area contributed by atoms with Gasteiger partial charge in [0.15, 0.2) is 0 Å². The molecule has 2 aromatic rings. The number of ether oxygens (including phenoxy) is 2. The third-order valence-electron chi connectivity index (χ3n) is 5.45. The summed E-state index contributed by atoms with van der Waals surface area (Å²) in [7, 11) is 1.57. The Morgan fingerprint density at radius 3 is 2.83 bits per heavy atom. The van der Waals surface area contributed by atoms with Gasteiger partial charge >= 0.3 is 18.9 Å². The third kappa shape index (κ3) is 8.89. The van der Waals surface area contributed by atoms with Crippen molar-refractivity contribution in [2.24, 2.45) is 0 Å². The maximum atomic E-state index is 14.8. The van der Waals surface area contributed by atoms with E-state index in [0.29, 0.717) is 30.6 Å². The SMILES string of the molecule is COC1CNC[C@@H](C(=O)N[C@H](C#N)Cc2ccc(-c3cc[c-]c(CC[C-]=O)c3)cc2F)OC1.[CH3-].[Li+]. The van der Waals surface area contributed by atoms with Gasteiger partial charge in [0, 0.05) is 26.6 Å². The molecule has 0 radical (unpaired) electrons. The fourth-order valence-electron chi connectivity index (χ4n) is 3.57. The first-order valence-electron chi connectivity index (χ1n) is 10.7. The molecule has 0 aromatic heterocycles. The first-order valence-corrected chi connectivity index (χ1v) is 10.7. The largest absolute Gasteiger partial charge is 1.00 e. The Bertz CT molecular complexity index is 1010. The predicted molar refractivity (Wildman–Crippen MR) is 126 cm³/mol. The number of carbonyl (C=O) groups is 1. The topological polar surface area (TPSA) is 100 Å². The quantitative estimate of drug-likeness (QED) is 0.371. The second kappa shape index (κ2) is 15.5. The molecule has 1 fully saturated rings. The smallest absolute Gasteiger partial charge is 0.542 e. The number of benzene rings is 2. The molecular formula is C26H29FLiN3O4-2. The maximum absolute atomic E-state index is 14.8. The molecule has 1 heterocycles. The summed E-state index contributed by atoms with van der Waals surface area (Å²) < 4.78 is 25.6.